The fourth-order valence-corrected chi connectivity index (χ4v) is 3.22. The number of hydrogen-bond acceptors (Lipinski definition) is 0. The molecule has 3 heteroatoms. The number of nitrogens with zero attached hydrogens (tertiary/aromatic N) is 1. The molecule has 0 spiro atoms. The van der Waals surface area contributed by atoms with Crippen molar-refractivity contribution < 1.29 is 0 Å². The summed E-state index contributed by atoms with van der Waals surface area (Å²) in [6.45, 7) is 0. The van der Waals surface area contributed by atoms with Gasteiger partial charge < -0.3 is 4.57 Å². The lowest BCUT2D eigenvalue weighted by molar-refractivity contribution is 0.967. The molecular formula is C15H11Br2N. The largest absolute Gasteiger partial charge is 0.349 e. The van der Waals surface area contributed by atoms with Crippen molar-refractivity contribution in [3.8, 4) is 11.1 Å². The monoisotopic (exact) mass is 363 g/mol. The molecule has 90 valence electrons. The van der Waals surface area contributed by atoms with Crippen molar-refractivity contribution in [3.63, 3.8) is 0 Å². The zero-order valence-electron chi connectivity index (χ0n) is 9.82. The summed E-state index contributed by atoms with van der Waals surface area (Å²) in [5, 5.41) is 1.26. The van der Waals surface area contributed by atoms with Crippen LogP contribution in [0, 0.1) is 0 Å². The standard InChI is InChI=1S/C15H11Br2N/c1-18-9-12(10-5-3-2-4-6-10)11-7-8-13(16)14(17)15(11)18/h2-9H,1H3. The summed E-state index contributed by atoms with van der Waals surface area (Å²) in [4.78, 5) is 0. The molecule has 0 aliphatic heterocycles. The summed E-state index contributed by atoms with van der Waals surface area (Å²) in [5.74, 6) is 0. The molecule has 18 heavy (non-hydrogen) atoms. The van der Waals surface area contributed by atoms with Crippen molar-refractivity contribution >= 4 is 42.8 Å². The molecule has 0 saturated carbocycles. The molecular weight excluding hydrogens is 354 g/mol. The van der Waals surface area contributed by atoms with Gasteiger partial charge in [0.25, 0.3) is 0 Å². The van der Waals surface area contributed by atoms with E-state index in [4.69, 9.17) is 0 Å². The molecule has 0 radical (unpaired) electrons. The van der Waals surface area contributed by atoms with Gasteiger partial charge in [-0.2, -0.15) is 0 Å². The van der Waals surface area contributed by atoms with Crippen LogP contribution in [0.4, 0.5) is 0 Å². The van der Waals surface area contributed by atoms with Crippen LogP contribution in [0.25, 0.3) is 22.0 Å². The topological polar surface area (TPSA) is 4.93 Å². The van der Waals surface area contributed by atoms with Crippen LogP contribution < -0.4 is 0 Å². The number of aromatic nitrogens is 1. The van der Waals surface area contributed by atoms with Gasteiger partial charge in [-0.1, -0.05) is 36.4 Å². The third-order valence-electron chi connectivity index (χ3n) is 3.12. The molecule has 0 aliphatic carbocycles. The van der Waals surface area contributed by atoms with Gasteiger partial charge in [-0.05, 0) is 43.5 Å². The molecule has 3 aromatic rings. The lowest BCUT2D eigenvalue weighted by Gasteiger charge is -2.02. The van der Waals surface area contributed by atoms with E-state index in [-0.39, 0.29) is 0 Å². The Bertz CT molecular complexity index is 714. The van der Waals surface area contributed by atoms with Crippen molar-refractivity contribution in [2.75, 3.05) is 0 Å². The molecule has 1 heterocycles. The molecule has 0 amide bonds. The fourth-order valence-electron chi connectivity index (χ4n) is 2.28. The van der Waals surface area contributed by atoms with Crippen LogP contribution in [0.1, 0.15) is 0 Å². The van der Waals surface area contributed by atoms with Gasteiger partial charge in [0.2, 0.25) is 0 Å². The van der Waals surface area contributed by atoms with Crippen molar-refractivity contribution in [1.29, 1.82) is 0 Å². The average molecular weight is 365 g/mol. The third-order valence-corrected chi connectivity index (χ3v) is 5.12. The van der Waals surface area contributed by atoms with E-state index in [2.05, 4.69) is 86.1 Å². The molecule has 0 unspecified atom stereocenters. The first kappa shape index (κ1) is 12.0. The Balaban J connectivity index is 2.37. The smallest absolute Gasteiger partial charge is 0.0640 e. The second-order valence-corrected chi connectivity index (χ2v) is 5.92. The highest BCUT2D eigenvalue weighted by Gasteiger charge is 2.12. The zero-order valence-corrected chi connectivity index (χ0v) is 13.0. The van der Waals surface area contributed by atoms with Gasteiger partial charge in [0, 0.05) is 28.7 Å². The molecule has 0 saturated heterocycles. The van der Waals surface area contributed by atoms with E-state index in [1.54, 1.807) is 0 Å². The van der Waals surface area contributed by atoms with Gasteiger partial charge >= 0.3 is 0 Å². The highest BCUT2D eigenvalue weighted by molar-refractivity contribution is 9.13. The molecule has 2 aromatic carbocycles. The minimum absolute atomic E-state index is 1.08. The van der Waals surface area contributed by atoms with Gasteiger partial charge in [-0.3, -0.25) is 0 Å². The number of aryl methyl sites for hydroxylation is 1. The van der Waals surface area contributed by atoms with Crippen LogP contribution in [0.3, 0.4) is 0 Å². The van der Waals surface area contributed by atoms with E-state index in [1.165, 1.54) is 22.0 Å². The summed E-state index contributed by atoms with van der Waals surface area (Å²) in [5.41, 5.74) is 3.72. The van der Waals surface area contributed by atoms with Crippen molar-refractivity contribution in [2.24, 2.45) is 7.05 Å². The van der Waals surface area contributed by atoms with Crippen LogP contribution in [0.5, 0.6) is 0 Å². The second-order valence-electron chi connectivity index (χ2n) is 4.28. The first-order chi connectivity index (χ1) is 8.68. The van der Waals surface area contributed by atoms with E-state index in [0.717, 1.165) is 8.95 Å². The number of halogens is 2. The van der Waals surface area contributed by atoms with Crippen molar-refractivity contribution in [1.82, 2.24) is 4.57 Å². The first-order valence-corrected chi connectivity index (χ1v) is 7.25. The molecule has 1 nitrogen and oxygen atoms in total. The summed E-state index contributed by atoms with van der Waals surface area (Å²) in [6.07, 6.45) is 2.18. The molecule has 0 bridgehead atoms. The van der Waals surface area contributed by atoms with Crippen LogP contribution in [-0.2, 0) is 7.05 Å². The number of fused-ring (bicyclic) bond motifs is 1. The maximum atomic E-state index is 3.65. The number of benzene rings is 2. The van der Waals surface area contributed by atoms with E-state index < -0.39 is 0 Å². The van der Waals surface area contributed by atoms with Gasteiger partial charge in [0.15, 0.2) is 0 Å². The predicted octanol–water partition coefficient (Wildman–Crippen LogP) is 5.37. The Morgan fingerprint density at radius 2 is 1.67 bits per heavy atom. The number of rotatable bonds is 1. The van der Waals surface area contributed by atoms with Gasteiger partial charge in [0.1, 0.15) is 0 Å². The van der Waals surface area contributed by atoms with Crippen molar-refractivity contribution in [3.05, 3.63) is 57.6 Å². The van der Waals surface area contributed by atoms with Crippen LogP contribution >= 0.6 is 31.9 Å². The Hall–Kier alpha value is -1.06. The zero-order chi connectivity index (χ0) is 12.7. The highest BCUT2D eigenvalue weighted by atomic mass is 79.9. The minimum Gasteiger partial charge on any atom is -0.349 e. The number of hydrogen-bond donors (Lipinski definition) is 0. The van der Waals surface area contributed by atoms with E-state index in [1.807, 2.05) is 6.07 Å². The lowest BCUT2D eigenvalue weighted by atomic mass is 10.1. The Kier molecular flexibility index (Phi) is 3.04. The van der Waals surface area contributed by atoms with E-state index in [0.29, 0.717) is 0 Å². The third kappa shape index (κ3) is 1.82. The highest BCUT2D eigenvalue weighted by Crippen LogP contribution is 2.37. The Labute approximate surface area is 123 Å². The normalized spacial score (nSPS) is 11.1. The maximum Gasteiger partial charge on any atom is 0.0640 e. The van der Waals surface area contributed by atoms with Crippen LogP contribution in [0.15, 0.2) is 57.6 Å². The maximum absolute atomic E-state index is 3.65. The van der Waals surface area contributed by atoms with Gasteiger partial charge in [-0.15, -0.1) is 0 Å². The molecule has 1 aromatic heterocycles. The SMILES string of the molecule is Cn1cc(-c2ccccc2)c2ccc(Br)c(Br)c21. The summed E-state index contributed by atoms with van der Waals surface area (Å²) < 4.78 is 4.34. The Morgan fingerprint density at radius 3 is 2.39 bits per heavy atom. The van der Waals surface area contributed by atoms with Gasteiger partial charge in [-0.25, -0.2) is 0 Å². The van der Waals surface area contributed by atoms with Crippen molar-refractivity contribution in [2.45, 2.75) is 0 Å². The van der Waals surface area contributed by atoms with Crippen LogP contribution in [-0.4, -0.2) is 4.57 Å². The molecule has 0 aliphatic rings. The van der Waals surface area contributed by atoms with Crippen LogP contribution in [0.2, 0.25) is 0 Å². The average Bonchev–Trinajstić information content (AvgIpc) is 2.73. The fraction of sp³-hybridized carbons (Fsp3) is 0.0667. The minimum atomic E-state index is 1.08. The van der Waals surface area contributed by atoms with Gasteiger partial charge in [0.05, 0.1) is 9.99 Å². The second kappa shape index (κ2) is 4.56. The molecule has 0 fully saturated rings. The summed E-state index contributed by atoms with van der Waals surface area (Å²) in [6, 6.07) is 14.7. The Morgan fingerprint density at radius 1 is 0.944 bits per heavy atom. The first-order valence-electron chi connectivity index (χ1n) is 5.67. The summed E-state index contributed by atoms with van der Waals surface area (Å²) in [7, 11) is 2.08. The molecule has 3 rings (SSSR count). The quantitative estimate of drug-likeness (QED) is 0.547. The van der Waals surface area contributed by atoms with E-state index >= 15 is 0 Å². The summed E-state index contributed by atoms with van der Waals surface area (Å²) >= 11 is 7.21. The predicted molar refractivity (Wildman–Crippen MR) is 83.8 cm³/mol. The molecule has 0 atom stereocenters. The van der Waals surface area contributed by atoms with E-state index in [9.17, 15) is 0 Å². The lowest BCUT2D eigenvalue weighted by Crippen LogP contribution is -1.85. The molecule has 0 N–H and O–H groups in total.